The molecule has 0 unspecified atom stereocenters. The van der Waals surface area contributed by atoms with Crippen LogP contribution in [0, 0.1) is 0 Å². The minimum Gasteiger partial charge on any atom is -0.489 e. The Morgan fingerprint density at radius 1 is 1.20 bits per heavy atom. The number of rotatable bonds is 3. The molecule has 3 rings (SSSR count). The summed E-state index contributed by atoms with van der Waals surface area (Å²) in [6.45, 7) is 1.19. The van der Waals surface area contributed by atoms with E-state index in [4.69, 9.17) is 25.8 Å². The average molecular weight is 356 g/mol. The molecule has 1 heterocycles. The minimum atomic E-state index is 0.264. The van der Waals surface area contributed by atoms with Crippen LogP contribution in [-0.4, -0.2) is 6.79 Å². The fraction of sp³-hybridized carbons (Fsp3) is 0.200. The first-order chi connectivity index (χ1) is 9.72. The fourth-order valence-electron chi connectivity index (χ4n) is 2.06. The highest BCUT2D eigenvalue weighted by atomic mass is 79.9. The Kier molecular flexibility index (Phi) is 4.15. The van der Waals surface area contributed by atoms with Crippen molar-refractivity contribution in [2.45, 2.75) is 13.2 Å². The summed E-state index contributed by atoms with van der Waals surface area (Å²) in [5.41, 5.74) is 1.89. The van der Waals surface area contributed by atoms with Gasteiger partial charge in [0.05, 0.1) is 6.61 Å². The second kappa shape index (κ2) is 6.04. The summed E-state index contributed by atoms with van der Waals surface area (Å²) in [5.74, 6) is 1.62. The average Bonchev–Trinajstić information content (AvgIpc) is 2.46. The second-order valence-electron chi connectivity index (χ2n) is 4.41. The molecule has 1 aliphatic rings. The Bertz CT molecular complexity index is 613. The largest absolute Gasteiger partial charge is 0.489 e. The number of ether oxygens (including phenoxy) is 3. The van der Waals surface area contributed by atoms with Crippen LogP contribution in [0.2, 0.25) is 5.02 Å². The molecule has 1 aliphatic heterocycles. The maximum absolute atomic E-state index is 6.11. The molecule has 0 saturated carbocycles. The van der Waals surface area contributed by atoms with E-state index >= 15 is 0 Å². The van der Waals surface area contributed by atoms with Gasteiger partial charge in [0.2, 0.25) is 0 Å². The van der Waals surface area contributed by atoms with Gasteiger partial charge in [-0.3, -0.25) is 0 Å². The predicted octanol–water partition coefficient (Wildman–Crippen LogP) is 4.55. The highest BCUT2D eigenvalue weighted by Gasteiger charge is 2.16. The Balaban J connectivity index is 1.80. The van der Waals surface area contributed by atoms with Crippen molar-refractivity contribution in [1.82, 2.24) is 0 Å². The molecular weight excluding hydrogens is 344 g/mol. The van der Waals surface area contributed by atoms with Gasteiger partial charge in [-0.25, -0.2) is 0 Å². The van der Waals surface area contributed by atoms with Crippen LogP contribution in [0.15, 0.2) is 40.9 Å². The van der Waals surface area contributed by atoms with Gasteiger partial charge in [0.25, 0.3) is 0 Å². The van der Waals surface area contributed by atoms with Crippen LogP contribution < -0.4 is 9.47 Å². The summed E-state index contributed by atoms with van der Waals surface area (Å²) >= 11 is 9.50. The lowest BCUT2D eigenvalue weighted by Gasteiger charge is -2.21. The van der Waals surface area contributed by atoms with Gasteiger partial charge in [0, 0.05) is 20.6 Å². The van der Waals surface area contributed by atoms with Crippen LogP contribution in [0.25, 0.3) is 0 Å². The van der Waals surface area contributed by atoms with Crippen molar-refractivity contribution in [3.05, 3.63) is 57.0 Å². The Morgan fingerprint density at radius 3 is 2.80 bits per heavy atom. The number of benzene rings is 2. The molecule has 0 aromatic heterocycles. The molecule has 0 amide bonds. The number of hydrogen-bond donors (Lipinski definition) is 0. The summed E-state index contributed by atoms with van der Waals surface area (Å²) in [5, 5.41) is 0.659. The Morgan fingerprint density at radius 2 is 2.00 bits per heavy atom. The molecule has 0 fully saturated rings. The number of hydrogen-bond acceptors (Lipinski definition) is 3. The number of fused-ring (bicyclic) bond motifs is 1. The third-order valence-electron chi connectivity index (χ3n) is 2.96. The normalized spacial score (nSPS) is 13.5. The molecule has 104 valence electrons. The van der Waals surface area contributed by atoms with E-state index in [0.29, 0.717) is 18.2 Å². The molecule has 0 bridgehead atoms. The quantitative estimate of drug-likeness (QED) is 0.808. The van der Waals surface area contributed by atoms with E-state index in [9.17, 15) is 0 Å². The van der Waals surface area contributed by atoms with Gasteiger partial charge in [-0.05, 0) is 36.4 Å². The topological polar surface area (TPSA) is 27.7 Å². The van der Waals surface area contributed by atoms with E-state index in [-0.39, 0.29) is 6.79 Å². The molecule has 0 atom stereocenters. The molecule has 0 radical (unpaired) electrons. The second-order valence-corrected chi connectivity index (χ2v) is 5.76. The smallest absolute Gasteiger partial charge is 0.189 e. The first-order valence-electron chi connectivity index (χ1n) is 6.12. The van der Waals surface area contributed by atoms with Crippen LogP contribution in [0.5, 0.6) is 11.5 Å². The SMILES string of the molecule is Clc1cc2c(c(COc3ccc(Br)cc3)c1)OCOC2. The summed E-state index contributed by atoms with van der Waals surface area (Å²) in [6, 6.07) is 11.4. The molecule has 2 aromatic rings. The summed E-state index contributed by atoms with van der Waals surface area (Å²) < 4.78 is 17.6. The van der Waals surface area contributed by atoms with Gasteiger partial charge in [0.15, 0.2) is 6.79 Å². The van der Waals surface area contributed by atoms with Crippen LogP contribution in [-0.2, 0) is 18.0 Å². The summed E-state index contributed by atoms with van der Waals surface area (Å²) in [7, 11) is 0. The predicted molar refractivity (Wildman–Crippen MR) is 80.2 cm³/mol. The van der Waals surface area contributed by atoms with E-state index in [0.717, 1.165) is 27.1 Å². The van der Waals surface area contributed by atoms with Gasteiger partial charge < -0.3 is 14.2 Å². The van der Waals surface area contributed by atoms with Crippen molar-refractivity contribution >= 4 is 27.5 Å². The highest BCUT2D eigenvalue weighted by molar-refractivity contribution is 9.10. The molecule has 5 heteroatoms. The minimum absolute atomic E-state index is 0.264. The summed E-state index contributed by atoms with van der Waals surface area (Å²) in [6.07, 6.45) is 0. The van der Waals surface area contributed by atoms with E-state index in [2.05, 4.69) is 15.9 Å². The molecule has 0 N–H and O–H groups in total. The standard InChI is InChI=1S/C15H12BrClO3/c16-12-1-3-14(4-2-12)19-8-11-6-13(17)5-10-7-18-9-20-15(10)11/h1-6H,7-9H2. The maximum Gasteiger partial charge on any atom is 0.189 e. The third kappa shape index (κ3) is 3.08. The molecule has 0 aliphatic carbocycles. The molecule has 20 heavy (non-hydrogen) atoms. The van der Waals surface area contributed by atoms with Crippen LogP contribution in [0.1, 0.15) is 11.1 Å². The van der Waals surface area contributed by atoms with E-state index < -0.39 is 0 Å². The fourth-order valence-corrected chi connectivity index (χ4v) is 2.58. The summed E-state index contributed by atoms with van der Waals surface area (Å²) in [4.78, 5) is 0. The van der Waals surface area contributed by atoms with Gasteiger partial charge in [0.1, 0.15) is 18.1 Å². The first kappa shape index (κ1) is 13.7. The van der Waals surface area contributed by atoms with Crippen molar-refractivity contribution in [2.24, 2.45) is 0 Å². The van der Waals surface area contributed by atoms with Gasteiger partial charge in [-0.15, -0.1) is 0 Å². The van der Waals surface area contributed by atoms with Crippen molar-refractivity contribution < 1.29 is 14.2 Å². The van der Waals surface area contributed by atoms with Crippen molar-refractivity contribution in [3.63, 3.8) is 0 Å². The zero-order chi connectivity index (χ0) is 13.9. The number of halogens is 2. The van der Waals surface area contributed by atoms with Crippen LogP contribution >= 0.6 is 27.5 Å². The zero-order valence-corrected chi connectivity index (χ0v) is 12.9. The maximum atomic E-state index is 6.11. The Labute approximate surface area is 130 Å². The molecule has 3 nitrogen and oxygen atoms in total. The van der Waals surface area contributed by atoms with E-state index in [1.807, 2.05) is 36.4 Å². The lowest BCUT2D eigenvalue weighted by atomic mass is 10.1. The van der Waals surface area contributed by atoms with Crippen molar-refractivity contribution in [3.8, 4) is 11.5 Å². The third-order valence-corrected chi connectivity index (χ3v) is 3.71. The zero-order valence-electron chi connectivity index (χ0n) is 10.6. The van der Waals surface area contributed by atoms with Crippen molar-refractivity contribution in [1.29, 1.82) is 0 Å². The molecule has 0 saturated heterocycles. The van der Waals surface area contributed by atoms with Gasteiger partial charge >= 0.3 is 0 Å². The molecule has 2 aromatic carbocycles. The van der Waals surface area contributed by atoms with Gasteiger partial charge in [-0.2, -0.15) is 0 Å². The van der Waals surface area contributed by atoms with Crippen LogP contribution in [0.3, 0.4) is 0 Å². The first-order valence-corrected chi connectivity index (χ1v) is 7.30. The van der Waals surface area contributed by atoms with Crippen LogP contribution in [0.4, 0.5) is 0 Å². The Hall–Kier alpha value is -1.23. The molecule has 0 spiro atoms. The highest BCUT2D eigenvalue weighted by Crippen LogP contribution is 2.32. The lowest BCUT2D eigenvalue weighted by Crippen LogP contribution is -2.14. The van der Waals surface area contributed by atoms with Crippen molar-refractivity contribution in [2.75, 3.05) is 6.79 Å². The monoisotopic (exact) mass is 354 g/mol. The van der Waals surface area contributed by atoms with E-state index in [1.54, 1.807) is 0 Å². The van der Waals surface area contributed by atoms with E-state index in [1.165, 1.54) is 0 Å². The lowest BCUT2D eigenvalue weighted by molar-refractivity contribution is -0.0175. The van der Waals surface area contributed by atoms with Gasteiger partial charge in [-0.1, -0.05) is 27.5 Å². The molecular formula is C15H12BrClO3.